The Morgan fingerprint density at radius 1 is 1.21 bits per heavy atom. The number of sulfone groups is 1. The van der Waals surface area contributed by atoms with E-state index in [1.165, 1.54) is 0 Å². The van der Waals surface area contributed by atoms with Crippen LogP contribution in [0.2, 0.25) is 0 Å². The Morgan fingerprint density at radius 2 is 1.93 bits per heavy atom. The van der Waals surface area contributed by atoms with E-state index in [4.69, 9.17) is 4.42 Å². The Morgan fingerprint density at radius 3 is 2.59 bits per heavy atom. The van der Waals surface area contributed by atoms with Gasteiger partial charge in [0, 0.05) is 33.0 Å². The molecule has 7 heteroatoms. The molecule has 2 aromatic carbocycles. The Hall–Kier alpha value is -2.25. The molecule has 0 spiro atoms. The van der Waals surface area contributed by atoms with Gasteiger partial charge in [0.25, 0.3) is 5.91 Å². The third kappa shape index (κ3) is 5.22. The number of aryl methyl sites for hydroxylation is 1. The van der Waals surface area contributed by atoms with Crippen molar-refractivity contribution in [2.45, 2.75) is 43.1 Å². The van der Waals surface area contributed by atoms with Crippen LogP contribution in [-0.4, -0.2) is 25.8 Å². The molecular weight excluding hydrogens is 406 g/mol. The molecule has 1 aromatic heterocycles. The van der Waals surface area contributed by atoms with Gasteiger partial charge in [0.1, 0.15) is 5.58 Å². The van der Waals surface area contributed by atoms with E-state index in [2.05, 4.69) is 19.2 Å². The minimum atomic E-state index is -3.34. The number of para-hydroxylation sites is 1. The van der Waals surface area contributed by atoms with Crippen LogP contribution in [-0.2, 0) is 15.6 Å². The number of rotatable bonds is 7. The third-order valence-electron chi connectivity index (χ3n) is 4.67. The molecule has 29 heavy (non-hydrogen) atoms. The van der Waals surface area contributed by atoms with Gasteiger partial charge in [0.2, 0.25) is 0 Å². The topological polar surface area (TPSA) is 76.4 Å². The highest BCUT2D eigenvalue weighted by molar-refractivity contribution is 7.99. The number of hydrogen-bond donors (Lipinski definition) is 1. The first-order valence-electron chi connectivity index (χ1n) is 9.44. The first-order chi connectivity index (χ1) is 13.7. The van der Waals surface area contributed by atoms with Crippen LogP contribution in [0.4, 0.5) is 5.69 Å². The maximum Gasteiger partial charge on any atom is 0.291 e. The fourth-order valence-corrected chi connectivity index (χ4v) is 4.87. The number of benzene rings is 2. The van der Waals surface area contributed by atoms with Crippen molar-refractivity contribution >= 4 is 44.2 Å². The molecule has 0 fully saturated rings. The molecule has 5 nitrogen and oxygen atoms in total. The van der Waals surface area contributed by atoms with Crippen LogP contribution in [0.1, 0.15) is 41.9 Å². The molecule has 0 aliphatic rings. The maximum atomic E-state index is 12.9. The van der Waals surface area contributed by atoms with Crippen molar-refractivity contribution in [1.29, 1.82) is 0 Å². The van der Waals surface area contributed by atoms with Gasteiger partial charge < -0.3 is 9.73 Å². The average molecular weight is 432 g/mol. The van der Waals surface area contributed by atoms with Crippen molar-refractivity contribution in [3.05, 3.63) is 59.4 Å². The van der Waals surface area contributed by atoms with Crippen LogP contribution in [0, 0.1) is 6.92 Å². The summed E-state index contributed by atoms with van der Waals surface area (Å²) in [5, 5.41) is 4.03. The Kier molecular flexibility index (Phi) is 6.39. The standard InChI is InChI=1S/C22H25NO4S2/c1-5-15(3)28-16-10-11-19(14(2)12-16)23-22(24)21-18(13-29(4,25)26)17-8-6-7-9-20(17)27-21/h6-12,15H,5,13H2,1-4H3,(H,23,24). The zero-order valence-corrected chi connectivity index (χ0v) is 18.6. The monoisotopic (exact) mass is 431 g/mol. The number of anilines is 1. The molecule has 0 bridgehead atoms. The first-order valence-corrected chi connectivity index (χ1v) is 12.4. The number of thioether (sulfide) groups is 1. The van der Waals surface area contributed by atoms with Gasteiger partial charge in [0.15, 0.2) is 15.6 Å². The lowest BCUT2D eigenvalue weighted by Crippen LogP contribution is -2.15. The van der Waals surface area contributed by atoms with Gasteiger partial charge in [-0.25, -0.2) is 8.42 Å². The quantitative estimate of drug-likeness (QED) is 0.505. The molecule has 154 valence electrons. The summed E-state index contributed by atoms with van der Waals surface area (Å²) in [5.41, 5.74) is 2.50. The normalized spacial score (nSPS) is 12.8. The zero-order chi connectivity index (χ0) is 21.2. The molecule has 0 saturated heterocycles. The lowest BCUT2D eigenvalue weighted by Gasteiger charge is -2.12. The Labute approximate surface area is 175 Å². The van der Waals surface area contributed by atoms with Crippen LogP contribution in [0.25, 0.3) is 11.0 Å². The molecular formula is C22H25NO4S2. The van der Waals surface area contributed by atoms with E-state index in [9.17, 15) is 13.2 Å². The summed E-state index contributed by atoms with van der Waals surface area (Å²) in [6.07, 6.45) is 2.23. The Balaban J connectivity index is 1.91. The highest BCUT2D eigenvalue weighted by atomic mass is 32.2. The van der Waals surface area contributed by atoms with Gasteiger partial charge in [-0.15, -0.1) is 11.8 Å². The van der Waals surface area contributed by atoms with Crippen molar-refractivity contribution in [3.8, 4) is 0 Å². The number of nitrogens with one attached hydrogen (secondary N) is 1. The number of amides is 1. The summed E-state index contributed by atoms with van der Waals surface area (Å²) in [5.74, 6) is -0.671. The van der Waals surface area contributed by atoms with Gasteiger partial charge in [-0.05, 0) is 43.2 Å². The molecule has 0 aliphatic heterocycles. The fraction of sp³-hybridized carbons (Fsp3) is 0.318. The largest absolute Gasteiger partial charge is 0.451 e. The van der Waals surface area contributed by atoms with E-state index >= 15 is 0 Å². The SMILES string of the molecule is CCC(C)Sc1ccc(NC(=O)c2oc3ccccc3c2CS(C)(=O)=O)c(C)c1. The molecule has 1 N–H and O–H groups in total. The van der Waals surface area contributed by atoms with Crippen molar-refractivity contribution in [2.24, 2.45) is 0 Å². The summed E-state index contributed by atoms with van der Waals surface area (Å²) in [4.78, 5) is 14.1. The van der Waals surface area contributed by atoms with Crippen LogP contribution >= 0.6 is 11.8 Å². The van der Waals surface area contributed by atoms with E-state index < -0.39 is 15.7 Å². The van der Waals surface area contributed by atoms with Gasteiger partial charge in [0.05, 0.1) is 5.75 Å². The number of carbonyl (C=O) groups excluding carboxylic acids is 1. The highest BCUT2D eigenvalue weighted by Gasteiger charge is 2.23. The van der Waals surface area contributed by atoms with E-state index in [0.29, 0.717) is 27.5 Å². The molecule has 0 saturated carbocycles. The number of carbonyl (C=O) groups is 1. The molecule has 0 aliphatic carbocycles. The summed E-state index contributed by atoms with van der Waals surface area (Å²) < 4.78 is 29.5. The maximum absolute atomic E-state index is 12.9. The molecule has 1 heterocycles. The van der Waals surface area contributed by atoms with Crippen molar-refractivity contribution in [2.75, 3.05) is 11.6 Å². The van der Waals surface area contributed by atoms with E-state index in [0.717, 1.165) is 23.1 Å². The van der Waals surface area contributed by atoms with Crippen LogP contribution in [0.5, 0.6) is 0 Å². The predicted molar refractivity (Wildman–Crippen MR) is 120 cm³/mol. The van der Waals surface area contributed by atoms with Crippen molar-refractivity contribution < 1.29 is 17.6 Å². The lowest BCUT2D eigenvalue weighted by atomic mass is 10.1. The number of furan rings is 1. The van der Waals surface area contributed by atoms with Crippen LogP contribution in [0.15, 0.2) is 51.8 Å². The molecule has 1 atom stereocenters. The summed E-state index contributed by atoms with van der Waals surface area (Å²) >= 11 is 1.80. The number of hydrogen-bond acceptors (Lipinski definition) is 5. The van der Waals surface area contributed by atoms with Gasteiger partial charge in [-0.2, -0.15) is 0 Å². The van der Waals surface area contributed by atoms with Crippen LogP contribution in [0.3, 0.4) is 0 Å². The third-order valence-corrected chi connectivity index (χ3v) is 6.74. The summed E-state index contributed by atoms with van der Waals surface area (Å²) in [7, 11) is -3.34. The van der Waals surface area contributed by atoms with Gasteiger partial charge in [-0.3, -0.25) is 4.79 Å². The van der Waals surface area contributed by atoms with Gasteiger partial charge in [-0.1, -0.05) is 32.0 Å². The second kappa shape index (κ2) is 8.63. The predicted octanol–water partition coefficient (Wildman–Crippen LogP) is 5.43. The molecule has 1 unspecified atom stereocenters. The first kappa shape index (κ1) is 21.5. The fourth-order valence-electron chi connectivity index (χ4n) is 3.03. The molecule has 3 rings (SSSR count). The highest BCUT2D eigenvalue weighted by Crippen LogP contribution is 2.31. The van der Waals surface area contributed by atoms with Crippen molar-refractivity contribution in [3.63, 3.8) is 0 Å². The second-order valence-electron chi connectivity index (χ2n) is 7.24. The van der Waals surface area contributed by atoms with Gasteiger partial charge >= 0.3 is 0 Å². The van der Waals surface area contributed by atoms with E-state index in [-0.39, 0.29) is 11.5 Å². The number of fused-ring (bicyclic) bond motifs is 1. The average Bonchev–Trinajstić information content (AvgIpc) is 3.01. The summed E-state index contributed by atoms with van der Waals surface area (Å²) in [6, 6.07) is 13.0. The zero-order valence-electron chi connectivity index (χ0n) is 17.0. The van der Waals surface area contributed by atoms with E-state index in [1.54, 1.807) is 36.0 Å². The summed E-state index contributed by atoms with van der Waals surface area (Å²) in [6.45, 7) is 6.27. The smallest absolute Gasteiger partial charge is 0.291 e. The Bertz CT molecular complexity index is 1150. The molecule has 1 amide bonds. The molecule has 0 radical (unpaired) electrons. The minimum Gasteiger partial charge on any atom is -0.451 e. The van der Waals surface area contributed by atoms with Crippen molar-refractivity contribution in [1.82, 2.24) is 0 Å². The molecule has 3 aromatic rings. The lowest BCUT2D eigenvalue weighted by molar-refractivity contribution is 0.0997. The van der Waals surface area contributed by atoms with Crippen LogP contribution < -0.4 is 5.32 Å². The minimum absolute atomic E-state index is 0.0362. The van der Waals surface area contributed by atoms with E-state index in [1.807, 2.05) is 25.1 Å². The second-order valence-corrected chi connectivity index (χ2v) is 10.9.